The summed E-state index contributed by atoms with van der Waals surface area (Å²) in [6, 6.07) is 3.80. The van der Waals surface area contributed by atoms with Gasteiger partial charge >= 0.3 is 0 Å². The van der Waals surface area contributed by atoms with Gasteiger partial charge in [0.05, 0.1) is 13.0 Å². The van der Waals surface area contributed by atoms with E-state index in [1.165, 1.54) is 16.7 Å². The molecule has 0 aromatic heterocycles. The summed E-state index contributed by atoms with van der Waals surface area (Å²) in [5, 5.41) is 10.1. The van der Waals surface area contributed by atoms with Crippen molar-refractivity contribution in [3.05, 3.63) is 46.7 Å². The molecule has 104 valence electrons. The number of rotatable bonds is 2. The van der Waals surface area contributed by atoms with E-state index in [0.29, 0.717) is 11.7 Å². The fourth-order valence-corrected chi connectivity index (χ4v) is 3.90. The smallest absolute Gasteiger partial charge is 0.166 e. The van der Waals surface area contributed by atoms with E-state index < -0.39 is 0 Å². The van der Waals surface area contributed by atoms with Crippen molar-refractivity contribution in [3.63, 3.8) is 0 Å². The minimum absolute atomic E-state index is 0.114. The molecule has 1 aromatic carbocycles. The highest BCUT2D eigenvalue weighted by Crippen LogP contribution is 2.56. The highest BCUT2D eigenvalue weighted by atomic mass is 16.5. The third-order valence-corrected chi connectivity index (χ3v) is 4.87. The Bertz CT molecular complexity index is 642. The summed E-state index contributed by atoms with van der Waals surface area (Å²) in [5.41, 5.74) is 3.91. The zero-order valence-corrected chi connectivity index (χ0v) is 11.7. The summed E-state index contributed by atoms with van der Waals surface area (Å²) in [6.45, 7) is 2.23. The number of methoxy groups -OCH3 is 1. The van der Waals surface area contributed by atoms with Crippen molar-refractivity contribution >= 4 is 0 Å². The van der Waals surface area contributed by atoms with E-state index in [4.69, 9.17) is 9.47 Å². The number of ether oxygens (including phenoxy) is 2. The molecule has 0 saturated heterocycles. The van der Waals surface area contributed by atoms with Gasteiger partial charge in [-0.1, -0.05) is 24.6 Å². The van der Waals surface area contributed by atoms with Crippen LogP contribution in [0.15, 0.2) is 35.6 Å². The number of hydrogen-bond donors (Lipinski definition) is 1. The number of phenolic OH excluding ortho intramolecular Hbond substituents is 1. The minimum atomic E-state index is -0.114. The first kappa shape index (κ1) is 11.9. The summed E-state index contributed by atoms with van der Waals surface area (Å²) in [5.74, 6) is 2.51. The third-order valence-electron chi connectivity index (χ3n) is 4.87. The molecule has 0 fully saturated rings. The summed E-state index contributed by atoms with van der Waals surface area (Å²) in [4.78, 5) is 0. The predicted octanol–water partition coefficient (Wildman–Crippen LogP) is 3.29. The van der Waals surface area contributed by atoms with Gasteiger partial charge in [-0.15, -0.1) is 0 Å². The average Bonchev–Trinajstić information content (AvgIpc) is 2.88. The van der Waals surface area contributed by atoms with Crippen molar-refractivity contribution in [1.29, 1.82) is 0 Å². The third kappa shape index (κ3) is 1.35. The fourth-order valence-electron chi connectivity index (χ4n) is 3.90. The largest absolute Gasteiger partial charge is 0.504 e. The quantitative estimate of drug-likeness (QED) is 0.896. The molecule has 2 aliphatic carbocycles. The second kappa shape index (κ2) is 4.05. The van der Waals surface area contributed by atoms with Gasteiger partial charge in [-0.05, 0) is 36.5 Å². The van der Waals surface area contributed by atoms with Crippen molar-refractivity contribution in [1.82, 2.24) is 0 Å². The van der Waals surface area contributed by atoms with Crippen LogP contribution in [0.1, 0.15) is 30.4 Å². The van der Waals surface area contributed by atoms with Gasteiger partial charge in [0, 0.05) is 5.56 Å². The summed E-state index contributed by atoms with van der Waals surface area (Å²) in [7, 11) is 1.68. The molecule has 0 spiro atoms. The van der Waals surface area contributed by atoms with Gasteiger partial charge in [0.15, 0.2) is 17.6 Å². The van der Waals surface area contributed by atoms with Gasteiger partial charge < -0.3 is 14.6 Å². The Morgan fingerprint density at radius 2 is 2.20 bits per heavy atom. The number of phenols is 1. The molecule has 0 radical (unpaired) electrons. The molecule has 1 heterocycles. The highest BCUT2D eigenvalue weighted by Gasteiger charge is 2.47. The van der Waals surface area contributed by atoms with E-state index in [2.05, 4.69) is 13.0 Å². The molecule has 0 amide bonds. The zero-order valence-electron chi connectivity index (χ0n) is 11.7. The van der Waals surface area contributed by atoms with Crippen molar-refractivity contribution in [3.8, 4) is 11.5 Å². The molecule has 3 aliphatic rings. The second-order valence-corrected chi connectivity index (χ2v) is 5.75. The van der Waals surface area contributed by atoms with E-state index in [1.807, 2.05) is 12.1 Å². The molecule has 0 bridgehead atoms. The lowest BCUT2D eigenvalue weighted by atomic mass is 9.69. The summed E-state index contributed by atoms with van der Waals surface area (Å²) < 4.78 is 11.5. The van der Waals surface area contributed by atoms with E-state index in [9.17, 15) is 5.11 Å². The molecule has 3 heteroatoms. The van der Waals surface area contributed by atoms with Crippen LogP contribution < -0.4 is 4.74 Å². The van der Waals surface area contributed by atoms with E-state index >= 15 is 0 Å². The fraction of sp³-hybridized carbons (Fsp3) is 0.412. The summed E-state index contributed by atoms with van der Waals surface area (Å²) in [6.07, 6.45) is 6.26. The molecule has 1 N–H and O–H groups in total. The number of benzene rings is 1. The van der Waals surface area contributed by atoms with Crippen molar-refractivity contribution in [2.24, 2.45) is 5.92 Å². The molecule has 1 aromatic rings. The van der Waals surface area contributed by atoms with Crippen molar-refractivity contribution < 1.29 is 14.6 Å². The molecule has 1 aliphatic heterocycles. The molecule has 3 nitrogen and oxygen atoms in total. The van der Waals surface area contributed by atoms with Crippen LogP contribution in [0.3, 0.4) is 0 Å². The topological polar surface area (TPSA) is 38.7 Å². The lowest BCUT2D eigenvalue weighted by Gasteiger charge is -2.35. The lowest BCUT2D eigenvalue weighted by Crippen LogP contribution is -2.31. The van der Waals surface area contributed by atoms with Crippen LogP contribution in [0.4, 0.5) is 0 Å². The van der Waals surface area contributed by atoms with Crippen LogP contribution in [0, 0.1) is 5.92 Å². The maximum absolute atomic E-state index is 10.1. The molecule has 3 atom stereocenters. The van der Waals surface area contributed by atoms with Crippen LogP contribution >= 0.6 is 0 Å². The Kier molecular flexibility index (Phi) is 2.40. The SMILES string of the molecule is CC[C@@H]1Cc2ccc(O)c3c2C2C1=CC=C(OC)[C@@H]2O3. The van der Waals surface area contributed by atoms with Crippen LogP contribution in [-0.2, 0) is 11.2 Å². The van der Waals surface area contributed by atoms with E-state index in [-0.39, 0.29) is 17.8 Å². The molecule has 4 rings (SSSR count). The Morgan fingerprint density at radius 3 is 2.95 bits per heavy atom. The summed E-state index contributed by atoms with van der Waals surface area (Å²) >= 11 is 0. The van der Waals surface area contributed by atoms with Crippen molar-refractivity contribution in [2.45, 2.75) is 31.8 Å². The highest BCUT2D eigenvalue weighted by molar-refractivity contribution is 5.62. The lowest BCUT2D eigenvalue weighted by molar-refractivity contribution is 0.146. The van der Waals surface area contributed by atoms with Gasteiger partial charge in [-0.2, -0.15) is 0 Å². The minimum Gasteiger partial charge on any atom is -0.504 e. The van der Waals surface area contributed by atoms with Gasteiger partial charge in [-0.25, -0.2) is 0 Å². The maximum Gasteiger partial charge on any atom is 0.166 e. The Labute approximate surface area is 118 Å². The maximum atomic E-state index is 10.1. The monoisotopic (exact) mass is 270 g/mol. The van der Waals surface area contributed by atoms with Gasteiger partial charge in [0.2, 0.25) is 0 Å². The first-order chi connectivity index (χ1) is 9.74. The predicted molar refractivity (Wildman–Crippen MR) is 75.9 cm³/mol. The standard InChI is InChI=1S/C17H18O3/c1-3-9-8-10-4-6-12(18)16-14(10)15-11(9)5-7-13(19-2)17(15)20-16/h4-7,9,15,17-18H,3,8H2,1-2H3/t9-,15?,17+/m1/s1. The molecule has 20 heavy (non-hydrogen) atoms. The molecular weight excluding hydrogens is 252 g/mol. The Hall–Kier alpha value is -1.90. The van der Waals surface area contributed by atoms with Crippen LogP contribution in [0.2, 0.25) is 0 Å². The van der Waals surface area contributed by atoms with Crippen LogP contribution in [-0.4, -0.2) is 18.3 Å². The number of aromatic hydroxyl groups is 1. The average molecular weight is 270 g/mol. The van der Waals surface area contributed by atoms with E-state index in [1.54, 1.807) is 13.2 Å². The Balaban J connectivity index is 1.95. The number of allylic oxidation sites excluding steroid dienone is 2. The van der Waals surface area contributed by atoms with Crippen molar-refractivity contribution in [2.75, 3.05) is 7.11 Å². The van der Waals surface area contributed by atoms with Gasteiger partial charge in [0.1, 0.15) is 5.76 Å². The van der Waals surface area contributed by atoms with Crippen LogP contribution in [0.5, 0.6) is 11.5 Å². The van der Waals surface area contributed by atoms with Gasteiger partial charge in [0.25, 0.3) is 0 Å². The zero-order chi connectivity index (χ0) is 13.9. The number of hydrogen-bond acceptors (Lipinski definition) is 3. The molecule has 0 saturated carbocycles. The van der Waals surface area contributed by atoms with Gasteiger partial charge in [-0.3, -0.25) is 0 Å². The van der Waals surface area contributed by atoms with E-state index in [0.717, 1.165) is 18.6 Å². The first-order valence-electron chi connectivity index (χ1n) is 7.21. The molecule has 1 unspecified atom stereocenters. The first-order valence-corrected chi connectivity index (χ1v) is 7.21. The Morgan fingerprint density at radius 1 is 1.35 bits per heavy atom. The van der Waals surface area contributed by atoms with Crippen LogP contribution in [0.25, 0.3) is 0 Å². The molecular formula is C17H18O3. The second-order valence-electron chi connectivity index (χ2n) is 5.75. The normalized spacial score (nSPS) is 29.2.